The molecule has 0 saturated carbocycles. The third-order valence-electron chi connectivity index (χ3n) is 5.49. The normalized spacial score (nSPS) is 18.3. The molecule has 0 radical (unpaired) electrons. The predicted octanol–water partition coefficient (Wildman–Crippen LogP) is 3.36. The number of carbonyl (C=O) groups excluding carboxylic acids is 2. The Morgan fingerprint density at radius 2 is 2.21 bits per heavy atom. The van der Waals surface area contributed by atoms with Crippen LogP contribution in [0.5, 0.6) is 5.75 Å². The molecule has 1 aliphatic heterocycles. The number of ether oxygens (including phenoxy) is 1. The van der Waals surface area contributed by atoms with Gasteiger partial charge in [0, 0.05) is 20.0 Å². The Labute approximate surface area is 169 Å². The minimum absolute atomic E-state index is 0.0215. The number of anilines is 1. The van der Waals surface area contributed by atoms with Gasteiger partial charge in [-0.05, 0) is 37.8 Å². The van der Waals surface area contributed by atoms with Crippen LogP contribution in [0.25, 0.3) is 0 Å². The molecule has 28 heavy (non-hydrogen) atoms. The van der Waals surface area contributed by atoms with E-state index in [1.807, 2.05) is 36.2 Å². The van der Waals surface area contributed by atoms with Crippen LogP contribution in [0.4, 0.5) is 5.69 Å². The third kappa shape index (κ3) is 3.51. The second-order valence-corrected chi connectivity index (χ2v) is 8.35. The number of fused-ring (bicyclic) bond motifs is 2. The van der Waals surface area contributed by atoms with Crippen molar-refractivity contribution in [2.45, 2.75) is 45.1 Å². The Morgan fingerprint density at radius 1 is 1.39 bits per heavy atom. The summed E-state index contributed by atoms with van der Waals surface area (Å²) in [5.74, 6) is 0.641. The second kappa shape index (κ2) is 7.91. The van der Waals surface area contributed by atoms with Crippen LogP contribution in [0.15, 0.2) is 24.3 Å². The molecule has 4 rings (SSSR count). The van der Waals surface area contributed by atoms with Gasteiger partial charge in [0.15, 0.2) is 6.61 Å². The lowest BCUT2D eigenvalue weighted by molar-refractivity contribution is -0.132. The molecule has 1 aromatic carbocycles. The zero-order valence-corrected chi connectivity index (χ0v) is 17.1. The number of carbonyl (C=O) groups is 2. The number of rotatable bonds is 5. The van der Waals surface area contributed by atoms with Crippen molar-refractivity contribution in [3.8, 4) is 5.75 Å². The van der Waals surface area contributed by atoms with E-state index in [0.717, 1.165) is 42.1 Å². The van der Waals surface area contributed by atoms with Gasteiger partial charge in [-0.3, -0.25) is 9.59 Å². The summed E-state index contributed by atoms with van der Waals surface area (Å²) in [5, 5.41) is 1.15. The first kappa shape index (κ1) is 18.9. The number of aryl methyl sites for hydroxylation is 2. The smallest absolute Gasteiger partial charge is 0.265 e. The predicted molar refractivity (Wildman–Crippen MR) is 109 cm³/mol. The molecule has 7 heteroatoms. The fourth-order valence-corrected chi connectivity index (χ4v) is 5.16. The minimum atomic E-state index is -0.107. The molecule has 0 spiro atoms. The van der Waals surface area contributed by atoms with Gasteiger partial charge in [-0.1, -0.05) is 19.1 Å². The lowest BCUT2D eigenvalue weighted by Gasteiger charge is -2.32. The lowest BCUT2D eigenvalue weighted by atomic mass is 9.97. The van der Waals surface area contributed by atoms with Crippen LogP contribution >= 0.6 is 11.3 Å². The van der Waals surface area contributed by atoms with Crippen molar-refractivity contribution in [2.24, 2.45) is 0 Å². The average Bonchev–Trinajstić information content (AvgIpc) is 3.15. The summed E-state index contributed by atoms with van der Waals surface area (Å²) in [7, 11) is 1.88. The molecule has 148 valence electrons. The molecule has 0 saturated heterocycles. The number of nitrogens with zero attached hydrogens (tertiary/aromatic N) is 3. The van der Waals surface area contributed by atoms with E-state index in [0.29, 0.717) is 18.7 Å². The summed E-state index contributed by atoms with van der Waals surface area (Å²) in [6, 6.07) is 7.56. The van der Waals surface area contributed by atoms with Crippen LogP contribution in [0, 0.1) is 0 Å². The molecule has 1 aliphatic carbocycles. The van der Waals surface area contributed by atoms with E-state index in [1.165, 1.54) is 4.88 Å². The fourth-order valence-electron chi connectivity index (χ4n) is 3.93. The molecule has 2 heterocycles. The monoisotopic (exact) mass is 399 g/mol. The molecular formula is C21H25N3O3S. The molecule has 0 bridgehead atoms. The molecule has 6 nitrogen and oxygen atoms in total. The Bertz CT molecular complexity index is 895. The number of hydrogen-bond donors (Lipinski definition) is 0. The van der Waals surface area contributed by atoms with Crippen molar-refractivity contribution < 1.29 is 14.3 Å². The van der Waals surface area contributed by atoms with E-state index in [1.54, 1.807) is 16.2 Å². The zero-order valence-electron chi connectivity index (χ0n) is 16.3. The molecule has 2 aliphatic rings. The van der Waals surface area contributed by atoms with Crippen LogP contribution in [0.2, 0.25) is 0 Å². The Kier molecular flexibility index (Phi) is 5.35. The lowest BCUT2D eigenvalue weighted by Crippen LogP contribution is -2.41. The Hall–Kier alpha value is -2.41. The topological polar surface area (TPSA) is 62.7 Å². The zero-order chi connectivity index (χ0) is 19.7. The highest BCUT2D eigenvalue weighted by Crippen LogP contribution is 2.38. The van der Waals surface area contributed by atoms with Crippen molar-refractivity contribution in [1.29, 1.82) is 0 Å². The van der Waals surface area contributed by atoms with E-state index >= 15 is 0 Å². The molecule has 2 amide bonds. The van der Waals surface area contributed by atoms with E-state index < -0.39 is 0 Å². The van der Waals surface area contributed by atoms with Crippen molar-refractivity contribution >= 4 is 28.8 Å². The number of thiazole rings is 1. The van der Waals surface area contributed by atoms with E-state index in [-0.39, 0.29) is 24.5 Å². The van der Waals surface area contributed by atoms with E-state index in [4.69, 9.17) is 9.72 Å². The first-order valence-corrected chi connectivity index (χ1v) is 10.7. The highest BCUT2D eigenvalue weighted by molar-refractivity contribution is 7.11. The van der Waals surface area contributed by atoms with Gasteiger partial charge in [-0.25, -0.2) is 4.98 Å². The highest BCUT2D eigenvalue weighted by atomic mass is 32.1. The first-order valence-electron chi connectivity index (χ1n) is 9.84. The van der Waals surface area contributed by atoms with E-state index in [9.17, 15) is 9.59 Å². The average molecular weight is 400 g/mol. The van der Waals surface area contributed by atoms with Gasteiger partial charge in [-0.15, -0.1) is 11.3 Å². The maximum absolute atomic E-state index is 12.9. The van der Waals surface area contributed by atoms with Crippen LogP contribution in [-0.4, -0.2) is 41.9 Å². The maximum atomic E-state index is 12.9. The van der Waals surface area contributed by atoms with Gasteiger partial charge in [0.2, 0.25) is 5.91 Å². The third-order valence-corrected chi connectivity index (χ3v) is 6.83. The molecular weight excluding hydrogens is 374 g/mol. The summed E-state index contributed by atoms with van der Waals surface area (Å²) in [4.78, 5) is 34.7. The number of para-hydroxylation sites is 2. The summed E-state index contributed by atoms with van der Waals surface area (Å²) in [6.45, 7) is 2.50. The van der Waals surface area contributed by atoms with E-state index in [2.05, 4.69) is 6.92 Å². The Balaban J connectivity index is 1.45. The van der Waals surface area contributed by atoms with Crippen molar-refractivity contribution in [3.63, 3.8) is 0 Å². The van der Waals surface area contributed by atoms with Crippen molar-refractivity contribution in [2.75, 3.05) is 25.1 Å². The molecule has 0 N–H and O–H groups in total. The van der Waals surface area contributed by atoms with Gasteiger partial charge in [0.1, 0.15) is 5.75 Å². The number of hydrogen-bond acceptors (Lipinski definition) is 5. The number of aromatic nitrogens is 1. The summed E-state index contributed by atoms with van der Waals surface area (Å²) < 4.78 is 5.48. The molecule has 1 atom stereocenters. The Morgan fingerprint density at radius 3 is 3.04 bits per heavy atom. The van der Waals surface area contributed by atoms with Gasteiger partial charge in [0.25, 0.3) is 5.91 Å². The quantitative estimate of drug-likeness (QED) is 0.773. The van der Waals surface area contributed by atoms with Gasteiger partial charge in [-0.2, -0.15) is 0 Å². The van der Waals surface area contributed by atoms with Crippen LogP contribution in [0.1, 0.15) is 47.8 Å². The summed E-state index contributed by atoms with van der Waals surface area (Å²) >= 11 is 1.74. The molecule has 2 aromatic rings. The molecule has 1 unspecified atom stereocenters. The first-order chi connectivity index (χ1) is 13.6. The highest BCUT2D eigenvalue weighted by Gasteiger charge is 2.31. The second-order valence-electron chi connectivity index (χ2n) is 7.24. The van der Waals surface area contributed by atoms with Crippen LogP contribution in [-0.2, 0) is 22.4 Å². The summed E-state index contributed by atoms with van der Waals surface area (Å²) in [5.41, 5.74) is 1.90. The standard InChI is InChI=1S/C21H25N3O3S/c1-3-18-22-14-7-6-9-16(21(14)28-18)23(2)19(25)11-12-24-15-8-4-5-10-17(15)27-13-20(24)26/h4-5,8,10,16H,3,6-7,9,11-13H2,1-2H3. The minimum Gasteiger partial charge on any atom is -0.482 e. The fraction of sp³-hybridized carbons (Fsp3) is 0.476. The number of amides is 2. The molecule has 1 aromatic heterocycles. The van der Waals surface area contributed by atoms with Crippen molar-refractivity contribution in [1.82, 2.24) is 9.88 Å². The van der Waals surface area contributed by atoms with Gasteiger partial charge >= 0.3 is 0 Å². The SMILES string of the molecule is CCc1nc2c(s1)C(N(C)C(=O)CCN1C(=O)COc3ccccc31)CCC2. The van der Waals surface area contributed by atoms with Crippen LogP contribution < -0.4 is 9.64 Å². The summed E-state index contributed by atoms with van der Waals surface area (Å²) in [6.07, 6.45) is 4.25. The maximum Gasteiger partial charge on any atom is 0.265 e. The largest absolute Gasteiger partial charge is 0.482 e. The number of benzene rings is 1. The van der Waals surface area contributed by atoms with Gasteiger partial charge in [0.05, 0.1) is 27.3 Å². The van der Waals surface area contributed by atoms with Crippen LogP contribution in [0.3, 0.4) is 0 Å². The van der Waals surface area contributed by atoms with Gasteiger partial charge < -0.3 is 14.5 Å². The van der Waals surface area contributed by atoms with Crippen molar-refractivity contribution in [3.05, 3.63) is 39.8 Å². The molecule has 0 fully saturated rings.